The normalized spacial score (nSPS) is 12.8. The molecule has 7 nitrogen and oxygen atoms in total. The van der Waals surface area contributed by atoms with Gasteiger partial charge in [-0.25, -0.2) is 13.1 Å². The third-order valence-electron chi connectivity index (χ3n) is 3.08. The van der Waals surface area contributed by atoms with E-state index in [4.69, 9.17) is 5.73 Å². The van der Waals surface area contributed by atoms with Gasteiger partial charge in [0.1, 0.15) is 0 Å². The van der Waals surface area contributed by atoms with E-state index in [1.165, 1.54) is 12.1 Å². The maximum atomic E-state index is 12.1. The number of rotatable bonds is 6. The minimum absolute atomic E-state index is 0.0311. The third-order valence-corrected chi connectivity index (χ3v) is 4.52. The van der Waals surface area contributed by atoms with Gasteiger partial charge in [0.25, 0.3) is 5.69 Å². The number of nitrogens with zero attached hydrogens (tertiary/aromatic N) is 1. The molecule has 0 amide bonds. The van der Waals surface area contributed by atoms with Crippen molar-refractivity contribution < 1.29 is 13.3 Å². The van der Waals surface area contributed by atoms with Gasteiger partial charge in [0.2, 0.25) is 10.0 Å². The molecule has 0 saturated heterocycles. The van der Waals surface area contributed by atoms with Gasteiger partial charge in [-0.1, -0.05) is 30.3 Å². The van der Waals surface area contributed by atoms with Crippen molar-refractivity contribution in [3.63, 3.8) is 0 Å². The predicted octanol–water partition coefficient (Wildman–Crippen LogP) is 1.57. The minimum atomic E-state index is -3.76. The molecule has 116 valence electrons. The van der Waals surface area contributed by atoms with E-state index in [1.807, 2.05) is 30.3 Å². The van der Waals surface area contributed by atoms with Gasteiger partial charge in [0.05, 0.1) is 9.82 Å². The number of hydrogen-bond donors (Lipinski definition) is 2. The van der Waals surface area contributed by atoms with Crippen molar-refractivity contribution in [1.29, 1.82) is 0 Å². The fraction of sp³-hybridized carbons (Fsp3) is 0.143. The fourth-order valence-electron chi connectivity index (χ4n) is 1.85. The third kappa shape index (κ3) is 3.88. The second-order valence-electron chi connectivity index (χ2n) is 4.62. The first kappa shape index (κ1) is 16.1. The second-order valence-corrected chi connectivity index (χ2v) is 6.39. The lowest BCUT2D eigenvalue weighted by molar-refractivity contribution is -0.384. The van der Waals surface area contributed by atoms with Gasteiger partial charge >= 0.3 is 0 Å². The summed E-state index contributed by atoms with van der Waals surface area (Å²) in [7, 11) is -3.76. The van der Waals surface area contributed by atoms with Gasteiger partial charge in [0.15, 0.2) is 0 Å². The number of hydrogen-bond acceptors (Lipinski definition) is 5. The van der Waals surface area contributed by atoms with Crippen LogP contribution >= 0.6 is 0 Å². The summed E-state index contributed by atoms with van der Waals surface area (Å²) in [6, 6.07) is 13.3. The van der Waals surface area contributed by atoms with E-state index in [9.17, 15) is 18.5 Å². The zero-order valence-corrected chi connectivity index (χ0v) is 12.4. The summed E-state index contributed by atoms with van der Waals surface area (Å²) in [4.78, 5) is 9.93. The molecule has 0 bridgehead atoms. The highest BCUT2D eigenvalue weighted by molar-refractivity contribution is 7.89. The maximum Gasteiger partial charge on any atom is 0.269 e. The molecule has 0 aliphatic carbocycles. The van der Waals surface area contributed by atoms with Crippen molar-refractivity contribution in [1.82, 2.24) is 4.72 Å². The first-order valence-corrected chi connectivity index (χ1v) is 7.93. The Bertz CT molecular complexity index is 745. The van der Waals surface area contributed by atoms with Gasteiger partial charge in [0, 0.05) is 24.7 Å². The average molecular weight is 321 g/mol. The molecule has 2 aromatic carbocycles. The fourth-order valence-corrected chi connectivity index (χ4v) is 2.91. The molecule has 8 heteroatoms. The van der Waals surface area contributed by atoms with E-state index in [1.54, 1.807) is 0 Å². The lowest BCUT2D eigenvalue weighted by Gasteiger charge is -2.13. The van der Waals surface area contributed by atoms with Gasteiger partial charge in [-0.3, -0.25) is 10.1 Å². The van der Waals surface area contributed by atoms with Crippen molar-refractivity contribution in [3.8, 4) is 0 Å². The summed E-state index contributed by atoms with van der Waals surface area (Å²) in [5, 5.41) is 10.6. The Kier molecular flexibility index (Phi) is 4.86. The standard InChI is InChI=1S/C14H15N3O4S/c15-14(11-4-2-1-3-5-11)10-16-22(20,21)13-8-6-12(7-9-13)17(18)19/h1-9,14,16H,10,15H2. The maximum absolute atomic E-state index is 12.1. The van der Waals surface area contributed by atoms with Crippen LogP contribution in [0.25, 0.3) is 0 Å². The Morgan fingerprint density at radius 2 is 1.68 bits per heavy atom. The van der Waals surface area contributed by atoms with Crippen molar-refractivity contribution in [2.75, 3.05) is 6.54 Å². The summed E-state index contributed by atoms with van der Waals surface area (Å²) in [6.07, 6.45) is 0. The van der Waals surface area contributed by atoms with Gasteiger partial charge in [-0.15, -0.1) is 0 Å². The monoisotopic (exact) mass is 321 g/mol. The number of nitrogens with one attached hydrogen (secondary N) is 1. The SMILES string of the molecule is NC(CNS(=O)(=O)c1ccc([N+](=O)[O-])cc1)c1ccccc1. The molecule has 1 atom stereocenters. The van der Waals surface area contributed by atoms with E-state index in [0.29, 0.717) is 0 Å². The summed E-state index contributed by atoms with van der Waals surface area (Å²) >= 11 is 0. The van der Waals surface area contributed by atoms with Crippen molar-refractivity contribution in [3.05, 3.63) is 70.3 Å². The first-order valence-electron chi connectivity index (χ1n) is 6.45. The highest BCUT2D eigenvalue weighted by atomic mass is 32.2. The Morgan fingerprint density at radius 1 is 1.09 bits per heavy atom. The molecule has 0 radical (unpaired) electrons. The Hall–Kier alpha value is -2.29. The molecule has 0 saturated carbocycles. The van der Waals surface area contributed by atoms with E-state index in [2.05, 4.69) is 4.72 Å². The van der Waals surface area contributed by atoms with Crippen LogP contribution in [-0.4, -0.2) is 19.9 Å². The zero-order valence-electron chi connectivity index (χ0n) is 11.5. The summed E-state index contributed by atoms with van der Waals surface area (Å²) in [5.74, 6) is 0. The summed E-state index contributed by atoms with van der Waals surface area (Å²) in [6.45, 7) is 0.0311. The Labute approximate surface area is 128 Å². The van der Waals surface area contributed by atoms with Gasteiger partial charge < -0.3 is 5.73 Å². The quantitative estimate of drug-likeness (QED) is 0.619. The molecule has 2 rings (SSSR count). The van der Waals surface area contributed by atoms with Crippen molar-refractivity contribution in [2.24, 2.45) is 5.73 Å². The van der Waals surface area contributed by atoms with Crippen LogP contribution in [0.1, 0.15) is 11.6 Å². The van der Waals surface area contributed by atoms with Crippen LogP contribution < -0.4 is 10.5 Å². The summed E-state index contributed by atoms with van der Waals surface area (Å²) < 4.78 is 26.6. The second kappa shape index (κ2) is 6.65. The molecule has 0 spiro atoms. The number of non-ortho nitro benzene ring substituents is 1. The smallest absolute Gasteiger partial charge is 0.269 e. The number of benzene rings is 2. The number of nitro groups is 1. The number of nitro benzene ring substituents is 1. The van der Waals surface area contributed by atoms with Crippen LogP contribution in [-0.2, 0) is 10.0 Å². The molecule has 3 N–H and O–H groups in total. The molecule has 0 heterocycles. The number of sulfonamides is 1. The van der Waals surface area contributed by atoms with Crippen molar-refractivity contribution >= 4 is 15.7 Å². The highest BCUT2D eigenvalue weighted by Gasteiger charge is 2.17. The van der Waals surface area contributed by atoms with Gasteiger partial charge in [-0.05, 0) is 17.7 Å². The average Bonchev–Trinajstić information content (AvgIpc) is 2.53. The largest absolute Gasteiger partial charge is 0.323 e. The molecule has 0 aliphatic rings. The van der Waals surface area contributed by atoms with Crippen LogP contribution in [0.4, 0.5) is 5.69 Å². The van der Waals surface area contributed by atoms with E-state index in [-0.39, 0.29) is 17.1 Å². The van der Waals surface area contributed by atoms with E-state index < -0.39 is 21.0 Å². The Balaban J connectivity index is 2.06. The molecule has 0 fully saturated rings. The molecular weight excluding hydrogens is 306 g/mol. The first-order chi connectivity index (χ1) is 10.4. The molecule has 1 unspecified atom stereocenters. The lowest BCUT2D eigenvalue weighted by Crippen LogP contribution is -2.31. The topological polar surface area (TPSA) is 115 Å². The summed E-state index contributed by atoms with van der Waals surface area (Å²) in [5.41, 5.74) is 6.57. The molecule has 22 heavy (non-hydrogen) atoms. The highest BCUT2D eigenvalue weighted by Crippen LogP contribution is 2.16. The number of nitrogens with two attached hydrogens (primary N) is 1. The molecular formula is C14H15N3O4S. The van der Waals surface area contributed by atoms with Crippen molar-refractivity contribution in [2.45, 2.75) is 10.9 Å². The lowest BCUT2D eigenvalue weighted by atomic mass is 10.1. The molecule has 0 aromatic heterocycles. The molecule has 2 aromatic rings. The van der Waals surface area contributed by atoms with E-state index in [0.717, 1.165) is 17.7 Å². The van der Waals surface area contributed by atoms with Crippen LogP contribution in [0.5, 0.6) is 0 Å². The zero-order chi connectivity index (χ0) is 16.2. The molecule has 0 aliphatic heterocycles. The Morgan fingerprint density at radius 3 is 2.23 bits per heavy atom. The van der Waals surface area contributed by atoms with E-state index >= 15 is 0 Å². The minimum Gasteiger partial charge on any atom is -0.323 e. The predicted molar refractivity (Wildman–Crippen MR) is 81.7 cm³/mol. The van der Waals surface area contributed by atoms with Crippen LogP contribution in [0, 0.1) is 10.1 Å². The van der Waals surface area contributed by atoms with Gasteiger partial charge in [-0.2, -0.15) is 0 Å². The van der Waals surface area contributed by atoms with Crippen LogP contribution in [0.15, 0.2) is 59.5 Å². The van der Waals surface area contributed by atoms with Crippen LogP contribution in [0.3, 0.4) is 0 Å². The van der Waals surface area contributed by atoms with Crippen LogP contribution in [0.2, 0.25) is 0 Å².